The monoisotopic (exact) mass is 519 g/mol. The molecule has 2 aromatic carbocycles. The van der Waals surface area contributed by atoms with Gasteiger partial charge in [0.25, 0.3) is 5.56 Å². The van der Waals surface area contributed by atoms with Gasteiger partial charge in [-0.2, -0.15) is 4.98 Å². The van der Waals surface area contributed by atoms with Gasteiger partial charge in [0.2, 0.25) is 5.88 Å². The van der Waals surface area contributed by atoms with Crippen molar-refractivity contribution in [2.24, 2.45) is 0 Å². The van der Waals surface area contributed by atoms with Crippen molar-refractivity contribution >= 4 is 0 Å². The minimum atomic E-state index is -0.734. The summed E-state index contributed by atoms with van der Waals surface area (Å²) in [5.41, 5.74) is 3.61. The Morgan fingerprint density at radius 3 is 2.34 bits per heavy atom. The van der Waals surface area contributed by atoms with Gasteiger partial charge in [-0.1, -0.05) is 37.3 Å². The van der Waals surface area contributed by atoms with Crippen LogP contribution in [-0.2, 0) is 17.8 Å². The molecule has 1 atom stereocenters. The molecule has 198 valence electrons. The number of pyridine rings is 1. The molecule has 0 fully saturated rings. The third-order valence-electron chi connectivity index (χ3n) is 6.43. The van der Waals surface area contributed by atoms with Crippen LogP contribution >= 0.6 is 0 Å². The Bertz CT molecular complexity index is 1460. The van der Waals surface area contributed by atoms with Gasteiger partial charge in [0.15, 0.2) is 0 Å². The van der Waals surface area contributed by atoms with Crippen LogP contribution < -0.4 is 5.56 Å². The Morgan fingerprint density at radius 2 is 1.74 bits per heavy atom. The van der Waals surface area contributed by atoms with E-state index in [-0.39, 0.29) is 36.4 Å². The van der Waals surface area contributed by atoms with E-state index in [4.69, 9.17) is 4.74 Å². The van der Waals surface area contributed by atoms with Gasteiger partial charge in [-0.25, -0.2) is 8.78 Å². The average Bonchev–Trinajstić information content (AvgIpc) is 2.87. The second-order valence-corrected chi connectivity index (χ2v) is 9.50. The second kappa shape index (κ2) is 11.6. The quantitative estimate of drug-likeness (QED) is 0.289. The van der Waals surface area contributed by atoms with Crippen LogP contribution in [0.2, 0.25) is 0 Å². The van der Waals surface area contributed by atoms with Gasteiger partial charge in [0, 0.05) is 29.9 Å². The lowest BCUT2D eigenvalue weighted by molar-refractivity contribution is 0.0575. The second-order valence-electron chi connectivity index (χ2n) is 9.50. The van der Waals surface area contributed by atoms with Crippen LogP contribution in [0.3, 0.4) is 0 Å². The van der Waals surface area contributed by atoms with Crippen molar-refractivity contribution in [2.45, 2.75) is 59.3 Å². The first kappa shape index (κ1) is 27.1. The van der Waals surface area contributed by atoms with Gasteiger partial charge >= 0.3 is 0 Å². The largest absolute Gasteiger partial charge is 0.493 e. The minimum Gasteiger partial charge on any atom is -0.493 e. The topological polar surface area (TPSA) is 77.2 Å². The Labute approximate surface area is 220 Å². The zero-order chi connectivity index (χ0) is 27.4. The predicted octanol–water partition coefficient (Wildman–Crippen LogP) is 6.11. The molecule has 4 rings (SSSR count). The Kier molecular flexibility index (Phi) is 8.32. The summed E-state index contributed by atoms with van der Waals surface area (Å²) in [5.74, 6) is -1.67. The van der Waals surface area contributed by atoms with Crippen molar-refractivity contribution in [3.05, 3.63) is 111 Å². The molecule has 0 spiro atoms. The molecular weight excluding hydrogens is 488 g/mol. The summed E-state index contributed by atoms with van der Waals surface area (Å²) in [6.07, 6.45) is 2.08. The summed E-state index contributed by atoms with van der Waals surface area (Å²) in [6, 6.07) is 14.0. The van der Waals surface area contributed by atoms with Crippen molar-refractivity contribution in [3.8, 4) is 17.0 Å². The highest BCUT2D eigenvalue weighted by atomic mass is 19.1. The number of hydrogen-bond donors (Lipinski definition) is 1. The van der Waals surface area contributed by atoms with Gasteiger partial charge in [0.05, 0.1) is 17.7 Å². The lowest BCUT2D eigenvalue weighted by atomic mass is 9.99. The van der Waals surface area contributed by atoms with Gasteiger partial charge in [0.1, 0.15) is 24.1 Å². The van der Waals surface area contributed by atoms with E-state index in [2.05, 4.69) is 9.97 Å². The molecule has 1 N–H and O–H groups in total. The first-order valence-electron chi connectivity index (χ1n) is 12.6. The minimum absolute atomic E-state index is 0.0474. The standard InChI is InChI=1S/C30H31F2N3O3/c1-5-27(22-14-23(31)16-24(32)15-22)35-28(17-38-18(2)3)34-29(36)26(30(35)37)13-20-8-10-21(11-9-20)25-7-6-12-33-19(25)4/h6-12,14-16,18,27,36H,5,13,17H2,1-4H3. The molecule has 38 heavy (non-hydrogen) atoms. The van der Waals surface area contributed by atoms with Crippen LogP contribution in [0.15, 0.2) is 65.6 Å². The Hall–Kier alpha value is -3.91. The lowest BCUT2D eigenvalue weighted by Crippen LogP contribution is -2.33. The third-order valence-corrected chi connectivity index (χ3v) is 6.43. The van der Waals surface area contributed by atoms with E-state index in [1.165, 1.54) is 16.7 Å². The maximum atomic E-state index is 14.1. The van der Waals surface area contributed by atoms with E-state index in [0.717, 1.165) is 28.5 Å². The molecule has 0 radical (unpaired) electrons. The summed E-state index contributed by atoms with van der Waals surface area (Å²) in [5, 5.41) is 10.8. The number of aromatic nitrogens is 3. The fourth-order valence-corrected chi connectivity index (χ4v) is 4.55. The Balaban J connectivity index is 1.77. The molecule has 0 bridgehead atoms. The molecule has 0 aliphatic carbocycles. The van der Waals surface area contributed by atoms with Crippen LogP contribution in [0.25, 0.3) is 11.1 Å². The van der Waals surface area contributed by atoms with E-state index < -0.39 is 23.2 Å². The molecule has 8 heteroatoms. The molecule has 4 aromatic rings. The number of aryl methyl sites for hydroxylation is 1. The molecule has 0 aliphatic rings. The maximum Gasteiger partial charge on any atom is 0.261 e. The van der Waals surface area contributed by atoms with Gasteiger partial charge in [-0.05, 0) is 62.1 Å². The molecule has 2 aromatic heterocycles. The number of halogens is 2. The Morgan fingerprint density at radius 1 is 1.05 bits per heavy atom. The molecule has 0 aliphatic heterocycles. The number of benzene rings is 2. The molecule has 0 amide bonds. The summed E-state index contributed by atoms with van der Waals surface area (Å²) < 4.78 is 35.3. The zero-order valence-electron chi connectivity index (χ0n) is 21.9. The number of ether oxygens (including phenoxy) is 1. The number of aromatic hydroxyl groups is 1. The van der Waals surface area contributed by atoms with Crippen LogP contribution in [0, 0.1) is 18.6 Å². The number of nitrogens with zero attached hydrogens (tertiary/aromatic N) is 3. The fraction of sp³-hybridized carbons (Fsp3) is 0.300. The molecular formula is C30H31F2N3O3. The van der Waals surface area contributed by atoms with Crippen LogP contribution in [-0.4, -0.2) is 25.7 Å². The molecule has 2 heterocycles. The average molecular weight is 520 g/mol. The third kappa shape index (κ3) is 5.97. The smallest absolute Gasteiger partial charge is 0.261 e. The van der Waals surface area contributed by atoms with E-state index in [1.807, 2.05) is 64.1 Å². The highest BCUT2D eigenvalue weighted by Gasteiger charge is 2.24. The highest BCUT2D eigenvalue weighted by molar-refractivity contribution is 5.65. The maximum absolute atomic E-state index is 14.1. The zero-order valence-corrected chi connectivity index (χ0v) is 21.9. The van der Waals surface area contributed by atoms with E-state index in [0.29, 0.717) is 12.0 Å². The summed E-state index contributed by atoms with van der Waals surface area (Å²) in [4.78, 5) is 22.5. The number of rotatable bonds is 9. The lowest BCUT2D eigenvalue weighted by Gasteiger charge is -2.24. The van der Waals surface area contributed by atoms with Crippen LogP contribution in [0.4, 0.5) is 8.78 Å². The first-order valence-corrected chi connectivity index (χ1v) is 12.6. The molecule has 6 nitrogen and oxygen atoms in total. The van der Waals surface area contributed by atoms with E-state index in [1.54, 1.807) is 6.20 Å². The predicted molar refractivity (Wildman–Crippen MR) is 142 cm³/mol. The highest BCUT2D eigenvalue weighted by Crippen LogP contribution is 2.27. The van der Waals surface area contributed by atoms with Gasteiger partial charge in [-0.15, -0.1) is 0 Å². The van der Waals surface area contributed by atoms with Crippen molar-refractivity contribution < 1.29 is 18.6 Å². The molecule has 0 saturated carbocycles. The normalized spacial score (nSPS) is 12.2. The van der Waals surface area contributed by atoms with Crippen molar-refractivity contribution in [2.75, 3.05) is 0 Å². The first-order chi connectivity index (χ1) is 18.2. The summed E-state index contributed by atoms with van der Waals surface area (Å²) in [7, 11) is 0. The van der Waals surface area contributed by atoms with Crippen molar-refractivity contribution in [1.82, 2.24) is 14.5 Å². The van der Waals surface area contributed by atoms with Gasteiger partial charge in [-0.3, -0.25) is 14.3 Å². The van der Waals surface area contributed by atoms with E-state index >= 15 is 0 Å². The SMILES string of the molecule is CCC(c1cc(F)cc(F)c1)n1c(COC(C)C)nc(O)c(Cc2ccc(-c3cccnc3C)cc2)c1=O. The summed E-state index contributed by atoms with van der Waals surface area (Å²) >= 11 is 0. The fourth-order valence-electron chi connectivity index (χ4n) is 4.55. The van der Waals surface area contributed by atoms with Crippen molar-refractivity contribution in [3.63, 3.8) is 0 Å². The van der Waals surface area contributed by atoms with Crippen LogP contribution in [0.5, 0.6) is 5.88 Å². The molecule has 0 saturated heterocycles. The van der Waals surface area contributed by atoms with Gasteiger partial charge < -0.3 is 9.84 Å². The van der Waals surface area contributed by atoms with Crippen LogP contribution in [0.1, 0.15) is 61.4 Å². The van der Waals surface area contributed by atoms with Crippen molar-refractivity contribution in [1.29, 1.82) is 0 Å². The number of hydrogen-bond acceptors (Lipinski definition) is 5. The molecule has 1 unspecified atom stereocenters. The van der Waals surface area contributed by atoms with E-state index in [9.17, 15) is 18.7 Å². The summed E-state index contributed by atoms with van der Waals surface area (Å²) in [6.45, 7) is 7.39.